The first-order valence-electron chi connectivity index (χ1n) is 9.26. The molecule has 172 valence electrons. The molecule has 1 heterocycles. The second-order valence-corrected chi connectivity index (χ2v) is 8.68. The maximum atomic E-state index is 14.3. The van der Waals surface area contributed by atoms with Crippen LogP contribution in [-0.4, -0.2) is 18.4 Å². The predicted molar refractivity (Wildman–Crippen MR) is 119 cm³/mol. The van der Waals surface area contributed by atoms with Crippen molar-refractivity contribution in [3.05, 3.63) is 75.5 Å². The van der Waals surface area contributed by atoms with E-state index in [2.05, 4.69) is 14.7 Å². The number of rotatable bonds is 5. The van der Waals surface area contributed by atoms with E-state index in [4.69, 9.17) is 23.2 Å². The van der Waals surface area contributed by atoms with E-state index in [1.165, 1.54) is 12.1 Å². The number of aromatic amines is 1. The minimum Gasteiger partial charge on any atom is -0.338 e. The Balaban J connectivity index is 1.67. The molecular weight excluding hydrogens is 505 g/mol. The molecule has 0 saturated heterocycles. The van der Waals surface area contributed by atoms with Gasteiger partial charge in [0.1, 0.15) is 17.2 Å². The number of imidazole rings is 1. The van der Waals surface area contributed by atoms with Crippen molar-refractivity contribution in [2.24, 2.45) is 0 Å². The van der Waals surface area contributed by atoms with Crippen molar-refractivity contribution in [3.63, 3.8) is 0 Å². The SMILES string of the molecule is O=[SH](=O)NCc1ccc(-c2ccc(-c3nc4c(Cl)cc(C(F)(F)F)cc4[nH]3)c(Cl)c2)cc1F. The maximum absolute atomic E-state index is 14.3. The highest BCUT2D eigenvalue weighted by Gasteiger charge is 2.32. The van der Waals surface area contributed by atoms with E-state index >= 15 is 0 Å². The second-order valence-electron chi connectivity index (χ2n) is 7.03. The molecule has 33 heavy (non-hydrogen) atoms. The summed E-state index contributed by atoms with van der Waals surface area (Å²) in [5.41, 5.74) is 1.05. The van der Waals surface area contributed by atoms with Crippen LogP contribution < -0.4 is 4.72 Å². The van der Waals surface area contributed by atoms with Gasteiger partial charge in [0.15, 0.2) is 0 Å². The van der Waals surface area contributed by atoms with Crippen LogP contribution in [0.3, 0.4) is 0 Å². The standard InChI is InChI=1S/C21H13Cl2F4N3O2S/c22-15-5-10(11-1-2-12(17(24)6-11)9-28-33(31)32)3-4-14(15)20-29-18-8-13(21(25,26)27)7-16(23)19(18)30-20/h1-8,33H,9H2,(H,29,30)(H,28,31,32). The van der Waals surface area contributed by atoms with Crippen LogP contribution in [0, 0.1) is 5.82 Å². The molecule has 0 aliphatic rings. The number of halogens is 6. The molecule has 12 heteroatoms. The average molecular weight is 518 g/mol. The van der Waals surface area contributed by atoms with Crippen LogP contribution in [-0.2, 0) is 23.6 Å². The Morgan fingerprint density at radius 3 is 2.30 bits per heavy atom. The molecule has 5 nitrogen and oxygen atoms in total. The Morgan fingerprint density at radius 1 is 0.970 bits per heavy atom. The van der Waals surface area contributed by atoms with Gasteiger partial charge in [0.05, 0.1) is 21.1 Å². The predicted octanol–water partition coefficient (Wildman–Crippen LogP) is 5.98. The number of nitrogens with zero attached hydrogens (tertiary/aromatic N) is 1. The number of nitrogens with one attached hydrogen (secondary N) is 2. The molecule has 0 unspecified atom stereocenters. The number of alkyl halides is 3. The van der Waals surface area contributed by atoms with E-state index in [0.29, 0.717) is 16.7 Å². The topological polar surface area (TPSA) is 74.8 Å². The Morgan fingerprint density at radius 2 is 1.67 bits per heavy atom. The molecule has 0 spiro atoms. The fourth-order valence-electron chi connectivity index (χ4n) is 3.27. The Bertz CT molecular complexity index is 1440. The zero-order chi connectivity index (χ0) is 23.9. The molecule has 1 aromatic heterocycles. The summed E-state index contributed by atoms with van der Waals surface area (Å²) in [5, 5.41) is 0.0786. The van der Waals surface area contributed by atoms with Crippen molar-refractivity contribution in [1.82, 2.24) is 14.7 Å². The third-order valence-corrected chi connectivity index (χ3v) is 5.89. The second kappa shape index (κ2) is 8.94. The number of hydrogen-bond donors (Lipinski definition) is 3. The molecule has 0 aliphatic heterocycles. The molecule has 0 saturated carbocycles. The van der Waals surface area contributed by atoms with Crippen LogP contribution in [0.1, 0.15) is 11.1 Å². The van der Waals surface area contributed by atoms with Gasteiger partial charge in [-0.15, -0.1) is 0 Å². The van der Waals surface area contributed by atoms with Crippen molar-refractivity contribution in [2.75, 3.05) is 0 Å². The lowest BCUT2D eigenvalue weighted by atomic mass is 10.0. The van der Waals surface area contributed by atoms with E-state index in [1.54, 1.807) is 24.3 Å². The van der Waals surface area contributed by atoms with Crippen LogP contribution >= 0.6 is 23.2 Å². The first-order chi connectivity index (χ1) is 15.5. The van der Waals surface area contributed by atoms with Crippen molar-refractivity contribution in [2.45, 2.75) is 12.7 Å². The maximum Gasteiger partial charge on any atom is 0.416 e. The zero-order valence-electron chi connectivity index (χ0n) is 16.3. The van der Waals surface area contributed by atoms with Crippen molar-refractivity contribution in [1.29, 1.82) is 0 Å². The van der Waals surface area contributed by atoms with E-state index in [1.807, 2.05) is 0 Å². The molecule has 0 bridgehead atoms. The first-order valence-corrected chi connectivity index (χ1v) is 11.2. The fraction of sp³-hybridized carbons (Fsp3) is 0.0952. The van der Waals surface area contributed by atoms with Crippen molar-refractivity contribution < 1.29 is 26.0 Å². The monoisotopic (exact) mass is 517 g/mol. The molecular formula is C21H13Cl2F4N3O2S. The van der Waals surface area contributed by atoms with Crippen LogP contribution in [0.5, 0.6) is 0 Å². The van der Waals surface area contributed by atoms with Crippen molar-refractivity contribution >= 4 is 45.1 Å². The number of hydrogen-bond acceptors (Lipinski definition) is 3. The van der Waals surface area contributed by atoms with E-state index in [-0.39, 0.29) is 39.0 Å². The minimum atomic E-state index is -4.56. The molecule has 0 radical (unpaired) electrons. The summed E-state index contributed by atoms with van der Waals surface area (Å²) in [5.74, 6) is -0.369. The van der Waals surface area contributed by atoms with Crippen LogP contribution in [0.2, 0.25) is 10.0 Å². The van der Waals surface area contributed by atoms with Gasteiger partial charge in [-0.3, -0.25) is 0 Å². The van der Waals surface area contributed by atoms with Gasteiger partial charge in [-0.25, -0.2) is 22.5 Å². The Kier molecular flexibility index (Phi) is 6.37. The summed E-state index contributed by atoms with van der Waals surface area (Å²) < 4.78 is 76.9. The number of fused-ring (bicyclic) bond motifs is 1. The number of H-pyrrole nitrogens is 1. The highest BCUT2D eigenvalue weighted by molar-refractivity contribution is 7.70. The van der Waals surface area contributed by atoms with E-state index in [9.17, 15) is 26.0 Å². The van der Waals surface area contributed by atoms with Gasteiger partial charge in [0.2, 0.25) is 10.9 Å². The fourth-order valence-corrected chi connectivity index (χ4v) is 4.10. The molecule has 3 aromatic carbocycles. The van der Waals surface area contributed by atoms with Gasteiger partial charge in [-0.2, -0.15) is 13.2 Å². The lowest BCUT2D eigenvalue weighted by molar-refractivity contribution is -0.137. The summed E-state index contributed by atoms with van der Waals surface area (Å²) in [6, 6.07) is 10.9. The van der Waals surface area contributed by atoms with Gasteiger partial charge < -0.3 is 4.98 Å². The van der Waals surface area contributed by atoms with E-state index in [0.717, 1.165) is 12.1 Å². The number of aromatic nitrogens is 2. The van der Waals surface area contributed by atoms with Crippen molar-refractivity contribution in [3.8, 4) is 22.5 Å². The smallest absolute Gasteiger partial charge is 0.338 e. The molecule has 0 fully saturated rings. The van der Waals surface area contributed by atoms with Crippen LogP contribution in [0.25, 0.3) is 33.5 Å². The summed E-state index contributed by atoms with van der Waals surface area (Å²) >= 11 is 12.4. The average Bonchev–Trinajstić information content (AvgIpc) is 3.16. The molecule has 2 N–H and O–H groups in total. The van der Waals surface area contributed by atoms with Gasteiger partial charge >= 0.3 is 6.18 Å². The van der Waals surface area contributed by atoms with E-state index < -0.39 is 28.4 Å². The summed E-state index contributed by atoms with van der Waals surface area (Å²) in [4.78, 5) is 7.08. The Labute approximate surface area is 196 Å². The van der Waals surface area contributed by atoms with Crippen LogP contribution in [0.15, 0.2) is 48.5 Å². The quantitative estimate of drug-likeness (QED) is 0.225. The number of thiol groups is 1. The molecule has 4 rings (SSSR count). The minimum absolute atomic E-state index is 0.107. The molecule has 0 amide bonds. The van der Waals surface area contributed by atoms with Gasteiger partial charge in [-0.05, 0) is 41.5 Å². The third kappa shape index (κ3) is 4.98. The van der Waals surface area contributed by atoms with Crippen LogP contribution in [0.4, 0.5) is 17.6 Å². The molecule has 4 aromatic rings. The Hall–Kier alpha value is -2.66. The summed E-state index contributed by atoms with van der Waals surface area (Å²) in [7, 11) is -2.84. The normalized spacial score (nSPS) is 12.1. The molecule has 0 atom stereocenters. The lowest BCUT2D eigenvalue weighted by Gasteiger charge is -2.08. The third-order valence-electron chi connectivity index (χ3n) is 4.88. The molecule has 0 aliphatic carbocycles. The first kappa shape index (κ1) is 23.5. The van der Waals surface area contributed by atoms with Gasteiger partial charge in [0.25, 0.3) is 0 Å². The van der Waals surface area contributed by atoms with Gasteiger partial charge in [-0.1, -0.05) is 41.4 Å². The highest BCUT2D eigenvalue weighted by atomic mass is 35.5. The summed E-state index contributed by atoms with van der Waals surface area (Å²) in [6.07, 6.45) is -4.56. The highest BCUT2D eigenvalue weighted by Crippen LogP contribution is 2.37. The lowest BCUT2D eigenvalue weighted by Crippen LogP contribution is -2.11. The number of benzene rings is 3. The zero-order valence-corrected chi connectivity index (χ0v) is 18.7. The summed E-state index contributed by atoms with van der Waals surface area (Å²) in [6.45, 7) is -0.171. The van der Waals surface area contributed by atoms with Gasteiger partial charge in [0, 0.05) is 17.7 Å². The largest absolute Gasteiger partial charge is 0.416 e.